The normalized spacial score (nSPS) is 11.3. The van der Waals surface area contributed by atoms with Gasteiger partial charge in [-0.3, -0.25) is 4.90 Å². The quantitative estimate of drug-likeness (QED) is 0.473. The summed E-state index contributed by atoms with van der Waals surface area (Å²) in [6, 6.07) is 5.98. The highest BCUT2D eigenvalue weighted by Gasteiger charge is 2.11. The lowest BCUT2D eigenvalue weighted by atomic mass is 10.0. The van der Waals surface area contributed by atoms with Gasteiger partial charge in [0.1, 0.15) is 9.57 Å². The molecular formula is C18H25NOS3. The second-order valence-electron chi connectivity index (χ2n) is 5.90. The van der Waals surface area contributed by atoms with Gasteiger partial charge in [-0.25, -0.2) is 0 Å². The summed E-state index contributed by atoms with van der Waals surface area (Å²) in [6.45, 7) is 9.48. The van der Waals surface area contributed by atoms with Gasteiger partial charge in [-0.2, -0.15) is 0 Å². The molecule has 2 rings (SSSR count). The lowest BCUT2D eigenvalue weighted by Gasteiger charge is -2.22. The summed E-state index contributed by atoms with van der Waals surface area (Å²) < 4.78 is 1.00. The summed E-state index contributed by atoms with van der Waals surface area (Å²) in [5.41, 5.74) is 3.52. The largest absolute Gasteiger partial charge is 0.508 e. The monoisotopic (exact) mass is 367 g/mol. The zero-order valence-corrected chi connectivity index (χ0v) is 16.5. The summed E-state index contributed by atoms with van der Waals surface area (Å²) in [5, 5.41) is 10.2. The number of phenols is 1. The van der Waals surface area contributed by atoms with Gasteiger partial charge in [0, 0.05) is 23.4 Å². The van der Waals surface area contributed by atoms with E-state index in [0.717, 1.165) is 48.3 Å². The first-order valence-corrected chi connectivity index (χ1v) is 10.7. The Morgan fingerprint density at radius 1 is 1.13 bits per heavy atom. The van der Waals surface area contributed by atoms with E-state index in [1.807, 2.05) is 12.1 Å². The van der Waals surface area contributed by atoms with E-state index < -0.39 is 0 Å². The molecule has 0 amide bonds. The van der Waals surface area contributed by atoms with Gasteiger partial charge in [0.2, 0.25) is 0 Å². The summed E-state index contributed by atoms with van der Waals surface area (Å²) in [5.74, 6) is 0.398. The Kier molecular flexibility index (Phi) is 7.21. The first-order chi connectivity index (χ1) is 11.0. The predicted molar refractivity (Wildman–Crippen MR) is 105 cm³/mol. The molecule has 1 heterocycles. The maximum absolute atomic E-state index is 10.2. The summed E-state index contributed by atoms with van der Waals surface area (Å²) in [4.78, 5) is 3.73. The SMILES string of the molecule is CCCN(CCC)Cc1cc(Cc2c(C)ssc2=S)ccc1O. The molecule has 0 aliphatic heterocycles. The molecule has 0 spiro atoms. The van der Waals surface area contributed by atoms with Crippen LogP contribution in [0.2, 0.25) is 0 Å². The van der Waals surface area contributed by atoms with Crippen molar-refractivity contribution in [2.75, 3.05) is 13.1 Å². The molecule has 2 aromatic rings. The van der Waals surface area contributed by atoms with Crippen LogP contribution in [0.5, 0.6) is 5.75 Å². The van der Waals surface area contributed by atoms with E-state index in [4.69, 9.17) is 12.2 Å². The topological polar surface area (TPSA) is 23.5 Å². The van der Waals surface area contributed by atoms with Crippen LogP contribution in [0.15, 0.2) is 18.2 Å². The maximum atomic E-state index is 10.2. The highest BCUT2D eigenvalue weighted by Crippen LogP contribution is 2.28. The third kappa shape index (κ3) is 5.11. The molecule has 0 atom stereocenters. The van der Waals surface area contributed by atoms with Gasteiger partial charge in [-0.1, -0.05) is 58.9 Å². The third-order valence-electron chi connectivity index (χ3n) is 3.91. The molecule has 1 aromatic heterocycles. The molecular weight excluding hydrogens is 342 g/mol. The van der Waals surface area contributed by atoms with E-state index in [2.05, 4.69) is 31.7 Å². The maximum Gasteiger partial charge on any atom is 0.120 e. The Morgan fingerprint density at radius 2 is 1.83 bits per heavy atom. The lowest BCUT2D eigenvalue weighted by Crippen LogP contribution is -2.25. The Hall–Kier alpha value is -0.750. The van der Waals surface area contributed by atoms with Gasteiger partial charge in [0.05, 0.1) is 0 Å². The van der Waals surface area contributed by atoms with Gasteiger partial charge in [0.25, 0.3) is 0 Å². The fourth-order valence-corrected chi connectivity index (χ4v) is 5.43. The van der Waals surface area contributed by atoms with Crippen LogP contribution in [0, 0.1) is 10.7 Å². The minimum absolute atomic E-state index is 0.398. The Balaban J connectivity index is 2.19. The van der Waals surface area contributed by atoms with E-state index in [-0.39, 0.29) is 0 Å². The number of nitrogens with zero attached hydrogens (tertiary/aromatic N) is 1. The summed E-state index contributed by atoms with van der Waals surface area (Å²) in [7, 11) is 3.44. The van der Waals surface area contributed by atoms with Crippen LogP contribution in [0.1, 0.15) is 48.3 Å². The molecule has 5 heteroatoms. The van der Waals surface area contributed by atoms with Gasteiger partial charge in [0.15, 0.2) is 0 Å². The zero-order chi connectivity index (χ0) is 16.8. The van der Waals surface area contributed by atoms with Crippen LogP contribution in [0.25, 0.3) is 0 Å². The number of aromatic hydroxyl groups is 1. The van der Waals surface area contributed by atoms with E-state index in [9.17, 15) is 5.11 Å². The molecule has 2 nitrogen and oxygen atoms in total. The number of rotatable bonds is 8. The lowest BCUT2D eigenvalue weighted by molar-refractivity contribution is 0.262. The Morgan fingerprint density at radius 3 is 2.39 bits per heavy atom. The number of hydrogen-bond donors (Lipinski definition) is 1. The van der Waals surface area contributed by atoms with Crippen molar-refractivity contribution in [2.24, 2.45) is 0 Å². The van der Waals surface area contributed by atoms with Crippen molar-refractivity contribution in [1.29, 1.82) is 0 Å². The van der Waals surface area contributed by atoms with Crippen LogP contribution >= 0.6 is 32.9 Å². The molecule has 0 radical (unpaired) electrons. The van der Waals surface area contributed by atoms with E-state index >= 15 is 0 Å². The number of aryl methyl sites for hydroxylation is 1. The van der Waals surface area contributed by atoms with Crippen molar-refractivity contribution in [3.8, 4) is 5.75 Å². The third-order valence-corrected chi connectivity index (χ3v) is 7.20. The molecule has 0 saturated heterocycles. The predicted octanol–water partition coefficient (Wildman–Crippen LogP) is 5.77. The second kappa shape index (κ2) is 8.92. The van der Waals surface area contributed by atoms with Crippen molar-refractivity contribution in [3.63, 3.8) is 0 Å². The highest BCUT2D eigenvalue weighted by atomic mass is 32.9. The molecule has 0 aliphatic carbocycles. The minimum Gasteiger partial charge on any atom is -0.508 e. The average Bonchev–Trinajstić information content (AvgIpc) is 2.83. The summed E-state index contributed by atoms with van der Waals surface area (Å²) >= 11 is 5.44. The molecule has 23 heavy (non-hydrogen) atoms. The molecule has 0 bridgehead atoms. The Labute approximate surface area is 151 Å². The fraction of sp³-hybridized carbons (Fsp3) is 0.500. The second-order valence-corrected chi connectivity index (χ2v) is 8.93. The summed E-state index contributed by atoms with van der Waals surface area (Å²) in [6.07, 6.45) is 3.13. The molecule has 126 valence electrons. The molecule has 0 fully saturated rings. The zero-order valence-electron chi connectivity index (χ0n) is 14.1. The van der Waals surface area contributed by atoms with Crippen LogP contribution < -0.4 is 0 Å². The van der Waals surface area contributed by atoms with Gasteiger partial charge < -0.3 is 5.11 Å². The number of benzene rings is 1. The van der Waals surface area contributed by atoms with E-state index in [1.165, 1.54) is 16.0 Å². The smallest absolute Gasteiger partial charge is 0.120 e. The standard InChI is InChI=1S/C18H25NOS3/c1-4-8-19(9-5-2)12-15-10-14(6-7-17(15)20)11-16-13(3)22-23-18(16)21/h6-7,10,20H,4-5,8-9,11-12H2,1-3H3. The first kappa shape index (κ1) is 18.6. The van der Waals surface area contributed by atoms with Crippen LogP contribution in [-0.2, 0) is 13.0 Å². The van der Waals surface area contributed by atoms with E-state index in [0.29, 0.717) is 5.75 Å². The first-order valence-electron chi connectivity index (χ1n) is 8.16. The van der Waals surface area contributed by atoms with Crippen molar-refractivity contribution in [3.05, 3.63) is 43.6 Å². The Bertz CT molecular complexity index is 684. The molecule has 0 aliphatic rings. The molecule has 0 saturated carbocycles. The van der Waals surface area contributed by atoms with Crippen molar-refractivity contribution in [1.82, 2.24) is 4.90 Å². The van der Waals surface area contributed by atoms with Gasteiger partial charge in [-0.05, 0) is 50.0 Å². The molecule has 1 N–H and O–H groups in total. The van der Waals surface area contributed by atoms with Crippen molar-refractivity contribution < 1.29 is 5.11 Å². The van der Waals surface area contributed by atoms with Gasteiger partial charge in [-0.15, -0.1) is 0 Å². The highest BCUT2D eigenvalue weighted by molar-refractivity contribution is 7.79. The van der Waals surface area contributed by atoms with E-state index in [1.54, 1.807) is 20.7 Å². The van der Waals surface area contributed by atoms with Crippen LogP contribution in [-0.4, -0.2) is 23.1 Å². The fourth-order valence-electron chi connectivity index (χ4n) is 2.76. The van der Waals surface area contributed by atoms with Crippen molar-refractivity contribution in [2.45, 2.75) is 46.6 Å². The molecule has 0 unspecified atom stereocenters. The average molecular weight is 368 g/mol. The van der Waals surface area contributed by atoms with Gasteiger partial charge >= 0.3 is 0 Å². The minimum atomic E-state index is 0.398. The number of hydrogen-bond acceptors (Lipinski definition) is 5. The van der Waals surface area contributed by atoms with Crippen LogP contribution in [0.3, 0.4) is 0 Å². The molecule has 1 aromatic carbocycles. The van der Waals surface area contributed by atoms with Crippen molar-refractivity contribution >= 4 is 32.9 Å². The number of phenolic OH excluding ortho intramolecular Hbond substituents is 1. The van der Waals surface area contributed by atoms with Crippen LogP contribution in [0.4, 0.5) is 0 Å².